The Kier molecular flexibility index (Phi) is 6.23. The molecule has 1 aromatic rings. The lowest BCUT2D eigenvalue weighted by atomic mass is 9.80. The summed E-state index contributed by atoms with van der Waals surface area (Å²) in [6.45, 7) is 16.7. The normalized spacial score (nSPS) is 16.3. The predicted molar refractivity (Wildman–Crippen MR) is 112 cm³/mol. The van der Waals surface area contributed by atoms with Crippen molar-refractivity contribution in [1.29, 1.82) is 0 Å². The van der Waals surface area contributed by atoms with Gasteiger partial charge in [-0.1, -0.05) is 53.5 Å². The maximum absolute atomic E-state index is 6.14. The third kappa shape index (κ3) is 4.38. The Hall–Kier alpha value is -1.04. The standard InChI is InChI=1S/C23H36OSi/c1-8-24-23(15-16-23)20-13-12-19(18-21(20)22(5,6)7)14-17-25(9-2,10-3)11-4/h12-13,18H,8-11,15-16H2,1-7H3. The lowest BCUT2D eigenvalue weighted by Crippen LogP contribution is -2.29. The van der Waals surface area contributed by atoms with Gasteiger partial charge in [0.25, 0.3) is 0 Å². The Morgan fingerprint density at radius 2 is 1.64 bits per heavy atom. The minimum atomic E-state index is -1.40. The van der Waals surface area contributed by atoms with Crippen LogP contribution in [0.3, 0.4) is 0 Å². The minimum Gasteiger partial charge on any atom is -0.371 e. The van der Waals surface area contributed by atoms with Crippen LogP contribution in [0.25, 0.3) is 0 Å². The molecular weight excluding hydrogens is 320 g/mol. The summed E-state index contributed by atoms with van der Waals surface area (Å²) >= 11 is 0. The SMILES string of the molecule is CCOC1(c2ccc(C#C[Si](CC)(CC)CC)cc2C(C)(C)C)CC1. The number of hydrogen-bond donors (Lipinski definition) is 0. The highest BCUT2D eigenvalue weighted by Crippen LogP contribution is 2.52. The first-order chi connectivity index (χ1) is 11.8. The zero-order valence-electron chi connectivity index (χ0n) is 17.4. The van der Waals surface area contributed by atoms with Crippen molar-refractivity contribution in [1.82, 2.24) is 0 Å². The molecule has 0 radical (unpaired) electrons. The molecule has 0 N–H and O–H groups in total. The van der Waals surface area contributed by atoms with E-state index in [-0.39, 0.29) is 11.0 Å². The fraction of sp³-hybridized carbons (Fsp3) is 0.652. The molecule has 1 saturated carbocycles. The molecular formula is C23H36OSi. The molecule has 1 aliphatic carbocycles. The van der Waals surface area contributed by atoms with Crippen LogP contribution in [-0.4, -0.2) is 14.7 Å². The summed E-state index contributed by atoms with van der Waals surface area (Å²) in [5.41, 5.74) is 7.78. The van der Waals surface area contributed by atoms with E-state index >= 15 is 0 Å². The van der Waals surface area contributed by atoms with Crippen LogP contribution in [0.5, 0.6) is 0 Å². The van der Waals surface area contributed by atoms with E-state index in [9.17, 15) is 0 Å². The van der Waals surface area contributed by atoms with Gasteiger partial charge in [-0.05, 0) is 66.6 Å². The van der Waals surface area contributed by atoms with Gasteiger partial charge < -0.3 is 4.74 Å². The summed E-state index contributed by atoms with van der Waals surface area (Å²) in [5.74, 6) is 3.55. The predicted octanol–water partition coefficient (Wildman–Crippen LogP) is 6.41. The summed E-state index contributed by atoms with van der Waals surface area (Å²) in [4.78, 5) is 0. The molecule has 1 aliphatic rings. The molecule has 1 aromatic carbocycles. The summed E-state index contributed by atoms with van der Waals surface area (Å²) in [6, 6.07) is 10.6. The average molecular weight is 357 g/mol. The molecule has 1 fully saturated rings. The van der Waals surface area contributed by atoms with Crippen LogP contribution >= 0.6 is 0 Å². The molecule has 2 heteroatoms. The number of hydrogen-bond acceptors (Lipinski definition) is 1. The topological polar surface area (TPSA) is 9.23 Å². The second kappa shape index (κ2) is 7.68. The van der Waals surface area contributed by atoms with E-state index in [2.05, 4.69) is 78.1 Å². The van der Waals surface area contributed by atoms with Crippen LogP contribution in [0.15, 0.2) is 18.2 Å². The van der Waals surface area contributed by atoms with Gasteiger partial charge in [-0.15, -0.1) is 5.54 Å². The van der Waals surface area contributed by atoms with Crippen LogP contribution in [0.2, 0.25) is 18.1 Å². The van der Waals surface area contributed by atoms with Gasteiger partial charge in [-0.3, -0.25) is 0 Å². The van der Waals surface area contributed by atoms with Crippen molar-refractivity contribution in [2.45, 2.75) is 90.5 Å². The molecule has 1 nitrogen and oxygen atoms in total. The highest BCUT2D eigenvalue weighted by atomic mass is 28.3. The van der Waals surface area contributed by atoms with Gasteiger partial charge in [0.05, 0.1) is 5.60 Å². The fourth-order valence-electron chi connectivity index (χ4n) is 3.74. The zero-order valence-corrected chi connectivity index (χ0v) is 18.4. The lowest BCUT2D eigenvalue weighted by Gasteiger charge is -2.28. The number of rotatable bonds is 6. The molecule has 0 saturated heterocycles. The first-order valence-corrected chi connectivity index (χ1v) is 12.7. The molecule has 0 atom stereocenters. The van der Waals surface area contributed by atoms with Gasteiger partial charge in [0, 0.05) is 12.2 Å². The summed E-state index contributed by atoms with van der Waals surface area (Å²) in [7, 11) is -1.40. The second-order valence-electron chi connectivity index (χ2n) is 8.53. The largest absolute Gasteiger partial charge is 0.371 e. The Balaban J connectivity index is 2.45. The van der Waals surface area contributed by atoms with E-state index < -0.39 is 8.07 Å². The van der Waals surface area contributed by atoms with Crippen molar-refractivity contribution < 1.29 is 4.74 Å². The van der Waals surface area contributed by atoms with Crippen LogP contribution in [-0.2, 0) is 15.8 Å². The van der Waals surface area contributed by atoms with Crippen molar-refractivity contribution in [3.63, 3.8) is 0 Å². The summed E-state index contributed by atoms with van der Waals surface area (Å²) < 4.78 is 6.14. The maximum Gasteiger partial charge on any atom is 0.138 e. The Bertz CT molecular complexity index is 641. The highest BCUT2D eigenvalue weighted by molar-refractivity contribution is 6.87. The lowest BCUT2D eigenvalue weighted by molar-refractivity contribution is 0.0383. The van der Waals surface area contributed by atoms with Crippen LogP contribution in [0, 0.1) is 11.5 Å². The van der Waals surface area contributed by atoms with E-state index in [4.69, 9.17) is 4.74 Å². The molecule has 0 aromatic heterocycles. The quantitative estimate of drug-likeness (QED) is 0.423. The van der Waals surface area contributed by atoms with Gasteiger partial charge in [0.15, 0.2) is 0 Å². The minimum absolute atomic E-state index is 0.0297. The van der Waals surface area contributed by atoms with Crippen molar-refractivity contribution in [3.05, 3.63) is 34.9 Å². The van der Waals surface area contributed by atoms with Crippen LogP contribution < -0.4 is 0 Å². The van der Waals surface area contributed by atoms with Gasteiger partial charge in [-0.2, -0.15) is 0 Å². The molecule has 138 valence electrons. The molecule has 0 heterocycles. The number of ether oxygens (including phenoxy) is 1. The second-order valence-corrected chi connectivity index (χ2v) is 13.5. The first kappa shape index (κ1) is 20.3. The highest BCUT2D eigenvalue weighted by Gasteiger charge is 2.47. The van der Waals surface area contributed by atoms with E-state index in [0.29, 0.717) is 0 Å². The monoisotopic (exact) mass is 356 g/mol. The Labute approximate surface area is 156 Å². The fourth-order valence-corrected chi connectivity index (χ4v) is 6.18. The Morgan fingerprint density at radius 3 is 2.08 bits per heavy atom. The van der Waals surface area contributed by atoms with Crippen LogP contribution in [0.4, 0.5) is 0 Å². The van der Waals surface area contributed by atoms with Crippen molar-refractivity contribution in [2.24, 2.45) is 0 Å². The van der Waals surface area contributed by atoms with E-state index in [1.54, 1.807) is 0 Å². The van der Waals surface area contributed by atoms with E-state index in [1.165, 1.54) is 34.8 Å². The van der Waals surface area contributed by atoms with E-state index in [1.807, 2.05) is 0 Å². The molecule has 0 spiro atoms. The van der Waals surface area contributed by atoms with E-state index in [0.717, 1.165) is 19.4 Å². The van der Waals surface area contributed by atoms with Gasteiger partial charge >= 0.3 is 0 Å². The van der Waals surface area contributed by atoms with Crippen molar-refractivity contribution in [3.8, 4) is 11.5 Å². The van der Waals surface area contributed by atoms with Gasteiger partial charge in [0.1, 0.15) is 8.07 Å². The van der Waals surface area contributed by atoms with Crippen molar-refractivity contribution >= 4 is 8.07 Å². The maximum atomic E-state index is 6.14. The third-order valence-electron chi connectivity index (χ3n) is 5.95. The van der Waals surface area contributed by atoms with Gasteiger partial charge in [-0.25, -0.2) is 0 Å². The first-order valence-electron chi connectivity index (χ1n) is 10.1. The third-order valence-corrected chi connectivity index (χ3v) is 10.7. The molecule has 2 rings (SSSR count). The van der Waals surface area contributed by atoms with Crippen LogP contribution in [0.1, 0.15) is 78.0 Å². The molecule has 0 aliphatic heterocycles. The molecule has 25 heavy (non-hydrogen) atoms. The zero-order chi connectivity index (χ0) is 18.7. The summed E-state index contributed by atoms with van der Waals surface area (Å²) in [6.07, 6.45) is 2.29. The summed E-state index contributed by atoms with van der Waals surface area (Å²) in [5, 5.41) is 0. The van der Waals surface area contributed by atoms with Gasteiger partial charge in [0.2, 0.25) is 0 Å². The molecule has 0 amide bonds. The Morgan fingerprint density at radius 1 is 1.04 bits per heavy atom. The average Bonchev–Trinajstić information content (AvgIpc) is 3.37. The van der Waals surface area contributed by atoms with Crippen molar-refractivity contribution in [2.75, 3.05) is 6.61 Å². The molecule has 0 bridgehead atoms. The number of benzene rings is 1. The molecule has 0 unspecified atom stereocenters. The smallest absolute Gasteiger partial charge is 0.138 e.